The largest absolute Gasteiger partial charge is 0.467 e. The molecule has 0 bridgehead atoms. The molecule has 0 saturated heterocycles. The van der Waals surface area contributed by atoms with Crippen LogP contribution in [0.25, 0.3) is 5.82 Å². The predicted molar refractivity (Wildman–Crippen MR) is 121 cm³/mol. The monoisotopic (exact) mass is 505 g/mol. The minimum absolute atomic E-state index is 0.0678. The highest BCUT2D eigenvalue weighted by Gasteiger charge is 2.31. The van der Waals surface area contributed by atoms with E-state index >= 15 is 0 Å². The first-order valence-corrected chi connectivity index (χ1v) is 11.2. The van der Waals surface area contributed by atoms with Gasteiger partial charge in [-0.3, -0.25) is 9.80 Å². The number of halogens is 3. The van der Waals surface area contributed by atoms with Crippen molar-refractivity contribution < 1.29 is 17.9 Å². The van der Waals surface area contributed by atoms with Crippen molar-refractivity contribution >= 4 is 33.6 Å². The molecule has 0 spiro atoms. The molecule has 0 atom stereocenters. The summed E-state index contributed by atoms with van der Waals surface area (Å²) in [4.78, 5) is 21.5. The number of alkyl halides is 3. The number of methoxy groups -OCH3 is 1. The van der Waals surface area contributed by atoms with Gasteiger partial charge in [0, 0.05) is 25.1 Å². The molecule has 9 nitrogen and oxygen atoms in total. The van der Waals surface area contributed by atoms with Crippen LogP contribution in [0.2, 0.25) is 0 Å². The van der Waals surface area contributed by atoms with Crippen LogP contribution in [0.15, 0.2) is 51.5 Å². The number of rotatable bonds is 4. The van der Waals surface area contributed by atoms with Gasteiger partial charge in [-0.2, -0.15) is 38.3 Å². The third-order valence-corrected chi connectivity index (χ3v) is 6.84. The summed E-state index contributed by atoms with van der Waals surface area (Å²) in [6.07, 6.45) is -1.62. The SMILES string of the molecule is COc1nccc(-n2ncc3c(c2=O)SC(SCc2ccc(C(F)(F)F)cc2C#N)=NN3C)n1. The highest BCUT2D eigenvalue weighted by atomic mass is 32.2. The lowest BCUT2D eigenvalue weighted by Gasteiger charge is -2.23. The molecule has 3 heterocycles. The molecule has 174 valence electrons. The van der Waals surface area contributed by atoms with E-state index in [2.05, 4.69) is 20.2 Å². The van der Waals surface area contributed by atoms with Crippen LogP contribution in [0, 0.1) is 11.3 Å². The molecular weight excluding hydrogens is 491 g/mol. The van der Waals surface area contributed by atoms with E-state index in [1.54, 1.807) is 7.05 Å². The summed E-state index contributed by atoms with van der Waals surface area (Å²) in [5.41, 5.74) is -0.469. The van der Waals surface area contributed by atoms with Crippen molar-refractivity contribution in [2.24, 2.45) is 5.10 Å². The molecule has 34 heavy (non-hydrogen) atoms. The van der Waals surface area contributed by atoms with Crippen LogP contribution >= 0.6 is 23.5 Å². The van der Waals surface area contributed by atoms with Crippen molar-refractivity contribution in [3.05, 3.63) is 63.7 Å². The lowest BCUT2D eigenvalue weighted by Crippen LogP contribution is -2.28. The number of benzene rings is 1. The number of hydrogen-bond acceptors (Lipinski definition) is 10. The van der Waals surface area contributed by atoms with Gasteiger partial charge in [-0.25, -0.2) is 4.98 Å². The van der Waals surface area contributed by atoms with E-state index < -0.39 is 17.3 Å². The van der Waals surface area contributed by atoms with E-state index in [1.165, 1.54) is 48.4 Å². The smallest absolute Gasteiger partial charge is 0.416 e. The number of hydrazone groups is 1. The first-order valence-electron chi connectivity index (χ1n) is 9.44. The Balaban J connectivity index is 1.58. The Bertz CT molecular complexity index is 1390. The van der Waals surface area contributed by atoms with E-state index in [0.29, 0.717) is 20.5 Å². The van der Waals surface area contributed by atoms with Crippen molar-refractivity contribution in [1.29, 1.82) is 5.26 Å². The van der Waals surface area contributed by atoms with Crippen LogP contribution in [-0.4, -0.2) is 38.3 Å². The third-order valence-electron chi connectivity index (χ3n) is 4.61. The van der Waals surface area contributed by atoms with Crippen LogP contribution in [-0.2, 0) is 11.9 Å². The number of thioether (sulfide) groups is 2. The average molecular weight is 506 g/mol. The van der Waals surface area contributed by atoms with Gasteiger partial charge in [-0.15, -0.1) is 0 Å². The predicted octanol–water partition coefficient (Wildman–Crippen LogP) is 3.67. The molecule has 3 aromatic rings. The van der Waals surface area contributed by atoms with Gasteiger partial charge in [-0.1, -0.05) is 29.6 Å². The maximum Gasteiger partial charge on any atom is 0.416 e. The third kappa shape index (κ3) is 4.70. The molecule has 0 unspecified atom stereocenters. The minimum Gasteiger partial charge on any atom is -0.467 e. The number of fused-ring (bicyclic) bond motifs is 1. The van der Waals surface area contributed by atoms with E-state index in [4.69, 9.17) is 4.74 Å². The molecule has 0 radical (unpaired) electrons. The molecule has 0 N–H and O–H groups in total. The number of nitriles is 1. The fourth-order valence-corrected chi connectivity index (χ4v) is 5.11. The summed E-state index contributed by atoms with van der Waals surface area (Å²) in [7, 11) is 3.05. The fraction of sp³-hybridized carbons (Fsp3) is 0.200. The summed E-state index contributed by atoms with van der Waals surface area (Å²) in [6, 6.07) is 6.45. The number of nitrogens with zero attached hydrogens (tertiary/aromatic N) is 7. The highest BCUT2D eigenvalue weighted by molar-refractivity contribution is 8.38. The van der Waals surface area contributed by atoms with Crippen molar-refractivity contribution in [1.82, 2.24) is 19.7 Å². The molecule has 2 aromatic heterocycles. The quantitative estimate of drug-likeness (QED) is 0.525. The number of aromatic nitrogens is 4. The Morgan fingerprint density at radius 3 is 2.79 bits per heavy atom. The summed E-state index contributed by atoms with van der Waals surface area (Å²) in [5.74, 6) is 0.418. The van der Waals surface area contributed by atoms with Gasteiger partial charge in [0.1, 0.15) is 4.90 Å². The molecule has 0 saturated carbocycles. The van der Waals surface area contributed by atoms with E-state index in [1.807, 2.05) is 6.07 Å². The molecular formula is C20H14F3N7O2S2. The Hall–Kier alpha value is -3.57. The molecule has 0 aliphatic carbocycles. The van der Waals surface area contributed by atoms with Gasteiger partial charge in [0.2, 0.25) is 0 Å². The van der Waals surface area contributed by atoms with Crippen LogP contribution in [0.1, 0.15) is 16.7 Å². The molecule has 14 heteroatoms. The molecule has 1 aliphatic heterocycles. The van der Waals surface area contributed by atoms with Gasteiger partial charge in [0.05, 0.1) is 36.2 Å². The first kappa shape index (κ1) is 23.6. The summed E-state index contributed by atoms with van der Waals surface area (Å²) in [5, 5.41) is 19.3. The molecule has 1 aliphatic rings. The highest BCUT2D eigenvalue weighted by Crippen LogP contribution is 2.37. The van der Waals surface area contributed by atoms with E-state index in [9.17, 15) is 23.2 Å². The van der Waals surface area contributed by atoms with Crippen molar-refractivity contribution in [2.45, 2.75) is 16.8 Å². The van der Waals surface area contributed by atoms with Gasteiger partial charge >= 0.3 is 12.2 Å². The standard InChI is InChI=1S/C20H14F3N7O2S2/c1-29-14-9-26-30(15-5-6-25-18(27-15)32-2)17(31)16(14)34-19(28-29)33-10-11-3-4-13(20(21,22)23)7-12(11)8-24/h3-7,9H,10H2,1-2H3. The zero-order chi connectivity index (χ0) is 24.5. The van der Waals surface area contributed by atoms with Gasteiger partial charge in [0.25, 0.3) is 5.56 Å². The summed E-state index contributed by atoms with van der Waals surface area (Å²) < 4.78 is 45.4. The molecule has 1 aromatic carbocycles. The number of hydrogen-bond donors (Lipinski definition) is 0. The molecule has 0 fully saturated rings. The normalized spacial score (nSPS) is 13.2. The van der Waals surface area contributed by atoms with E-state index in [0.717, 1.165) is 28.6 Å². The lowest BCUT2D eigenvalue weighted by molar-refractivity contribution is -0.137. The Morgan fingerprint density at radius 2 is 2.09 bits per heavy atom. The lowest BCUT2D eigenvalue weighted by atomic mass is 10.1. The second kappa shape index (κ2) is 9.35. The Labute approximate surface area is 199 Å². The first-order chi connectivity index (χ1) is 16.2. The summed E-state index contributed by atoms with van der Waals surface area (Å²) >= 11 is 2.31. The average Bonchev–Trinajstić information content (AvgIpc) is 2.82. The van der Waals surface area contributed by atoms with Gasteiger partial charge in [-0.05, 0) is 17.7 Å². The van der Waals surface area contributed by atoms with Crippen LogP contribution in [0.5, 0.6) is 6.01 Å². The van der Waals surface area contributed by atoms with Crippen molar-refractivity contribution in [3.8, 4) is 17.9 Å². The number of anilines is 1. The topological polar surface area (TPSA) is 109 Å². The second-order valence-electron chi connectivity index (χ2n) is 6.74. The van der Waals surface area contributed by atoms with Crippen molar-refractivity contribution in [2.75, 3.05) is 19.2 Å². The second-order valence-corrected chi connectivity index (χ2v) is 8.96. The van der Waals surface area contributed by atoms with E-state index in [-0.39, 0.29) is 23.1 Å². The van der Waals surface area contributed by atoms with Crippen LogP contribution in [0.3, 0.4) is 0 Å². The van der Waals surface area contributed by atoms with Crippen LogP contribution in [0.4, 0.5) is 18.9 Å². The zero-order valence-corrected chi connectivity index (χ0v) is 19.2. The minimum atomic E-state index is -4.53. The Kier molecular flexibility index (Phi) is 6.49. The maximum absolute atomic E-state index is 13.1. The maximum atomic E-state index is 13.1. The Morgan fingerprint density at radius 1 is 1.29 bits per heavy atom. The van der Waals surface area contributed by atoms with Gasteiger partial charge in [0.15, 0.2) is 10.2 Å². The fourth-order valence-electron chi connectivity index (χ4n) is 2.93. The van der Waals surface area contributed by atoms with Gasteiger partial charge < -0.3 is 4.74 Å². The zero-order valence-electron chi connectivity index (χ0n) is 17.6. The summed E-state index contributed by atoms with van der Waals surface area (Å²) in [6.45, 7) is 0. The van der Waals surface area contributed by atoms with Crippen molar-refractivity contribution in [3.63, 3.8) is 0 Å². The number of ether oxygens (including phenoxy) is 1. The van der Waals surface area contributed by atoms with Crippen LogP contribution < -0.4 is 15.3 Å². The molecule has 4 rings (SSSR count). The molecule has 0 amide bonds.